The molecule has 1 aliphatic carbocycles. The lowest BCUT2D eigenvalue weighted by atomic mass is 10.1. The second-order valence-corrected chi connectivity index (χ2v) is 7.23. The number of nitrogens with two attached hydrogens (primary N) is 1. The Balaban J connectivity index is 1.72. The molecule has 3 N–H and O–H groups in total. The maximum absolute atomic E-state index is 13.3. The Morgan fingerprint density at radius 1 is 1.44 bits per heavy atom. The van der Waals surface area contributed by atoms with Crippen molar-refractivity contribution in [3.63, 3.8) is 0 Å². The molecule has 0 bridgehead atoms. The maximum atomic E-state index is 13.3. The van der Waals surface area contributed by atoms with Crippen molar-refractivity contribution < 1.29 is 9.18 Å². The number of rotatable bonds is 6. The van der Waals surface area contributed by atoms with Crippen LogP contribution < -0.4 is 11.1 Å². The molecule has 1 amide bonds. The Hall–Kier alpha value is -2.15. The van der Waals surface area contributed by atoms with Crippen LogP contribution in [-0.4, -0.2) is 28.3 Å². The van der Waals surface area contributed by atoms with Gasteiger partial charge in [-0.05, 0) is 30.2 Å². The molecule has 5 nitrogen and oxygen atoms in total. The molecule has 3 rings (SSSR count). The van der Waals surface area contributed by atoms with Crippen molar-refractivity contribution in [2.24, 2.45) is 12.8 Å². The SMILES string of the molecule is Cn1ncc(Cl)c1C1=C(Cl)CC(C(=O)N[C@H](CN)Cc2cccc(F)c2)=C1. The molecule has 27 heavy (non-hydrogen) atoms. The Morgan fingerprint density at radius 3 is 2.85 bits per heavy atom. The van der Waals surface area contributed by atoms with Gasteiger partial charge in [0, 0.05) is 42.2 Å². The largest absolute Gasteiger partial charge is 0.348 e. The number of benzene rings is 1. The van der Waals surface area contributed by atoms with Crippen molar-refractivity contribution in [2.45, 2.75) is 18.9 Å². The van der Waals surface area contributed by atoms with Gasteiger partial charge in [0.1, 0.15) is 5.82 Å². The van der Waals surface area contributed by atoms with Gasteiger partial charge in [0.2, 0.25) is 5.91 Å². The Labute approximate surface area is 166 Å². The molecule has 1 aliphatic rings. The molecule has 1 aromatic heterocycles. The lowest BCUT2D eigenvalue weighted by molar-refractivity contribution is -0.118. The minimum absolute atomic E-state index is 0.233. The molecule has 8 heteroatoms. The first-order valence-electron chi connectivity index (χ1n) is 8.41. The first-order chi connectivity index (χ1) is 12.9. The number of nitrogens with one attached hydrogen (secondary N) is 1. The third-order valence-corrected chi connectivity index (χ3v) is 5.00. The van der Waals surface area contributed by atoms with Crippen molar-refractivity contribution in [2.75, 3.05) is 6.54 Å². The molecule has 0 saturated heterocycles. The molecule has 0 fully saturated rings. The van der Waals surface area contributed by atoms with Crippen LogP contribution >= 0.6 is 23.2 Å². The third kappa shape index (κ3) is 4.40. The summed E-state index contributed by atoms with van der Waals surface area (Å²) in [7, 11) is 1.76. The highest BCUT2D eigenvalue weighted by Crippen LogP contribution is 2.37. The molecule has 142 valence electrons. The molecule has 0 saturated carbocycles. The van der Waals surface area contributed by atoms with E-state index < -0.39 is 0 Å². The highest BCUT2D eigenvalue weighted by atomic mass is 35.5. The summed E-state index contributed by atoms with van der Waals surface area (Å²) < 4.78 is 15.0. The minimum Gasteiger partial charge on any atom is -0.348 e. The molecule has 1 heterocycles. The molecular weight excluding hydrogens is 390 g/mol. The summed E-state index contributed by atoms with van der Waals surface area (Å²) in [6.45, 7) is 0.233. The van der Waals surface area contributed by atoms with Gasteiger partial charge in [-0.25, -0.2) is 4.39 Å². The maximum Gasteiger partial charge on any atom is 0.247 e. The van der Waals surface area contributed by atoms with Crippen molar-refractivity contribution in [3.8, 4) is 0 Å². The van der Waals surface area contributed by atoms with Crippen LogP contribution in [0.4, 0.5) is 4.39 Å². The summed E-state index contributed by atoms with van der Waals surface area (Å²) in [5.41, 5.74) is 8.42. The third-order valence-electron chi connectivity index (χ3n) is 4.39. The van der Waals surface area contributed by atoms with E-state index in [1.54, 1.807) is 29.9 Å². The average molecular weight is 409 g/mol. The van der Waals surface area contributed by atoms with Crippen LogP contribution in [0, 0.1) is 5.82 Å². The van der Waals surface area contributed by atoms with E-state index in [0.717, 1.165) is 5.56 Å². The van der Waals surface area contributed by atoms with E-state index in [9.17, 15) is 9.18 Å². The molecule has 0 radical (unpaired) electrons. The fourth-order valence-electron chi connectivity index (χ4n) is 3.04. The first kappa shape index (κ1) is 19.6. The van der Waals surface area contributed by atoms with Crippen molar-refractivity contribution >= 4 is 34.7 Å². The predicted molar refractivity (Wildman–Crippen MR) is 105 cm³/mol. The van der Waals surface area contributed by atoms with E-state index in [0.29, 0.717) is 39.7 Å². The summed E-state index contributed by atoms with van der Waals surface area (Å²) in [6.07, 6.45) is 4.00. The Kier molecular flexibility index (Phi) is 5.99. The van der Waals surface area contributed by atoms with Crippen LogP contribution in [-0.2, 0) is 18.3 Å². The molecule has 1 aromatic carbocycles. The first-order valence-corrected chi connectivity index (χ1v) is 9.17. The summed E-state index contributed by atoms with van der Waals surface area (Å²) in [6, 6.07) is 5.93. The summed E-state index contributed by atoms with van der Waals surface area (Å²) in [5.74, 6) is -0.574. The van der Waals surface area contributed by atoms with E-state index >= 15 is 0 Å². The van der Waals surface area contributed by atoms with Gasteiger partial charge in [-0.2, -0.15) is 5.10 Å². The van der Waals surface area contributed by atoms with Gasteiger partial charge in [-0.15, -0.1) is 0 Å². The lowest BCUT2D eigenvalue weighted by Gasteiger charge is -2.17. The van der Waals surface area contributed by atoms with Crippen LogP contribution in [0.2, 0.25) is 5.02 Å². The van der Waals surface area contributed by atoms with Crippen LogP contribution in [0.15, 0.2) is 47.1 Å². The van der Waals surface area contributed by atoms with Gasteiger partial charge >= 0.3 is 0 Å². The minimum atomic E-state index is -0.318. The number of carbonyl (C=O) groups excluding carboxylic acids is 1. The molecule has 0 unspecified atom stereocenters. The van der Waals surface area contributed by atoms with E-state index in [2.05, 4.69) is 10.4 Å². The highest BCUT2D eigenvalue weighted by molar-refractivity contribution is 6.37. The van der Waals surface area contributed by atoms with Gasteiger partial charge in [-0.3, -0.25) is 9.48 Å². The number of carbonyl (C=O) groups is 1. The standard InChI is InChI=1S/C19H19Cl2FN4O/c1-26-18(17(21)10-24-26)15-7-12(8-16(15)20)19(27)25-14(9-23)6-11-3-2-4-13(22)5-11/h2-5,7,10,14H,6,8-9,23H2,1H3,(H,25,27)/t14-/m0/s1. The molecule has 1 atom stereocenters. The van der Waals surface area contributed by atoms with Gasteiger partial charge < -0.3 is 11.1 Å². The number of hydrogen-bond donors (Lipinski definition) is 2. The molecule has 2 aromatic rings. The van der Waals surface area contributed by atoms with Crippen molar-refractivity contribution in [3.05, 3.63) is 69.2 Å². The predicted octanol–water partition coefficient (Wildman–Crippen LogP) is 3.18. The quantitative estimate of drug-likeness (QED) is 0.770. The highest BCUT2D eigenvalue weighted by Gasteiger charge is 2.25. The zero-order chi connectivity index (χ0) is 19.6. The fraction of sp³-hybridized carbons (Fsp3) is 0.263. The second-order valence-electron chi connectivity index (χ2n) is 6.37. The van der Waals surface area contributed by atoms with Gasteiger partial charge in [0.25, 0.3) is 0 Å². The molecule has 0 aliphatic heterocycles. The Bertz CT molecular complexity index is 916. The number of aromatic nitrogens is 2. The Morgan fingerprint density at radius 2 is 2.22 bits per heavy atom. The van der Waals surface area contributed by atoms with Crippen molar-refractivity contribution in [1.82, 2.24) is 15.1 Å². The van der Waals surface area contributed by atoms with Crippen LogP contribution in [0.3, 0.4) is 0 Å². The number of nitrogens with zero attached hydrogens (tertiary/aromatic N) is 2. The van der Waals surface area contributed by atoms with Gasteiger partial charge in [-0.1, -0.05) is 35.3 Å². The molecule has 0 spiro atoms. The normalized spacial score (nSPS) is 15.1. The lowest BCUT2D eigenvalue weighted by Crippen LogP contribution is -2.42. The summed E-state index contributed by atoms with van der Waals surface area (Å²) >= 11 is 12.5. The van der Waals surface area contributed by atoms with E-state index in [4.69, 9.17) is 28.9 Å². The van der Waals surface area contributed by atoms with E-state index in [-0.39, 0.29) is 24.3 Å². The second kappa shape index (κ2) is 8.25. The fourth-order valence-corrected chi connectivity index (χ4v) is 3.60. The number of hydrogen-bond acceptors (Lipinski definition) is 3. The van der Waals surface area contributed by atoms with Crippen LogP contribution in [0.25, 0.3) is 5.57 Å². The smallest absolute Gasteiger partial charge is 0.247 e. The number of amides is 1. The van der Waals surface area contributed by atoms with E-state index in [1.807, 2.05) is 0 Å². The zero-order valence-corrected chi connectivity index (χ0v) is 16.2. The van der Waals surface area contributed by atoms with E-state index in [1.165, 1.54) is 18.3 Å². The average Bonchev–Trinajstić information content (AvgIpc) is 3.16. The molecular formula is C19H19Cl2FN4O. The van der Waals surface area contributed by atoms with Crippen molar-refractivity contribution in [1.29, 1.82) is 0 Å². The number of aryl methyl sites for hydroxylation is 1. The zero-order valence-electron chi connectivity index (χ0n) is 14.7. The van der Waals surface area contributed by atoms with Crippen LogP contribution in [0.1, 0.15) is 17.7 Å². The number of allylic oxidation sites excluding steroid dienone is 3. The summed E-state index contributed by atoms with van der Waals surface area (Å²) in [5, 5.41) is 7.99. The van der Waals surface area contributed by atoms with Gasteiger partial charge in [0.15, 0.2) is 0 Å². The number of halogens is 3. The van der Waals surface area contributed by atoms with Crippen LogP contribution in [0.5, 0.6) is 0 Å². The monoisotopic (exact) mass is 408 g/mol. The topological polar surface area (TPSA) is 72.9 Å². The summed E-state index contributed by atoms with van der Waals surface area (Å²) in [4.78, 5) is 12.7. The van der Waals surface area contributed by atoms with Gasteiger partial charge in [0.05, 0.1) is 16.9 Å².